The average Bonchev–Trinajstić information content (AvgIpc) is 2.59. The quantitative estimate of drug-likeness (QED) is 0.887. The number of carboxylic acids is 1. The van der Waals surface area contributed by atoms with Crippen LogP contribution in [0.5, 0.6) is 17.2 Å². The molecule has 23 heavy (non-hydrogen) atoms. The molecule has 1 aromatic carbocycles. The van der Waals surface area contributed by atoms with Crippen LogP contribution in [0.15, 0.2) is 12.1 Å². The van der Waals surface area contributed by atoms with Crippen LogP contribution in [0.4, 0.5) is 0 Å². The minimum Gasteiger partial charge on any atom is -0.493 e. The van der Waals surface area contributed by atoms with Gasteiger partial charge in [0.25, 0.3) is 5.91 Å². The van der Waals surface area contributed by atoms with Gasteiger partial charge in [-0.2, -0.15) is 0 Å². The number of hydrogen-bond donors (Lipinski definition) is 1. The average molecular weight is 323 g/mol. The van der Waals surface area contributed by atoms with E-state index in [0.717, 1.165) is 0 Å². The Morgan fingerprint density at radius 2 is 1.74 bits per heavy atom. The maximum absolute atomic E-state index is 12.7. The molecule has 1 fully saturated rings. The van der Waals surface area contributed by atoms with E-state index in [1.807, 2.05) is 0 Å². The fourth-order valence-electron chi connectivity index (χ4n) is 2.75. The lowest BCUT2D eigenvalue weighted by molar-refractivity contribution is -0.143. The molecule has 0 aliphatic carbocycles. The summed E-state index contributed by atoms with van der Waals surface area (Å²) in [6, 6.07) is 3.15. The van der Waals surface area contributed by atoms with E-state index in [4.69, 9.17) is 19.3 Å². The van der Waals surface area contributed by atoms with E-state index in [1.165, 1.54) is 21.3 Å². The van der Waals surface area contributed by atoms with Gasteiger partial charge in [-0.3, -0.25) is 9.59 Å². The van der Waals surface area contributed by atoms with Gasteiger partial charge in [-0.15, -0.1) is 0 Å². The van der Waals surface area contributed by atoms with Crippen molar-refractivity contribution in [3.05, 3.63) is 17.7 Å². The summed E-state index contributed by atoms with van der Waals surface area (Å²) >= 11 is 0. The number of amides is 1. The number of likely N-dealkylation sites (tertiary alicyclic amines) is 1. The van der Waals surface area contributed by atoms with E-state index < -0.39 is 11.9 Å². The summed E-state index contributed by atoms with van der Waals surface area (Å²) in [5.74, 6) is -0.435. The molecule has 0 bridgehead atoms. The van der Waals surface area contributed by atoms with Crippen molar-refractivity contribution in [1.82, 2.24) is 4.90 Å². The Balaban J connectivity index is 2.30. The number of hydrogen-bond acceptors (Lipinski definition) is 5. The zero-order valence-electron chi connectivity index (χ0n) is 13.5. The van der Waals surface area contributed by atoms with E-state index in [2.05, 4.69) is 0 Å². The number of nitrogens with zero attached hydrogens (tertiary/aromatic N) is 1. The molecular weight excluding hydrogens is 302 g/mol. The second kappa shape index (κ2) is 7.21. The second-order valence-corrected chi connectivity index (χ2v) is 5.34. The van der Waals surface area contributed by atoms with Crippen molar-refractivity contribution >= 4 is 11.9 Å². The van der Waals surface area contributed by atoms with E-state index in [9.17, 15) is 9.59 Å². The van der Waals surface area contributed by atoms with Crippen LogP contribution < -0.4 is 14.2 Å². The van der Waals surface area contributed by atoms with Crippen LogP contribution in [0.25, 0.3) is 0 Å². The van der Waals surface area contributed by atoms with E-state index >= 15 is 0 Å². The van der Waals surface area contributed by atoms with Gasteiger partial charge in [0.1, 0.15) is 0 Å². The first-order valence-electron chi connectivity index (χ1n) is 7.33. The Bertz CT molecular complexity index is 575. The minimum absolute atomic E-state index is 0.213. The molecule has 7 nitrogen and oxygen atoms in total. The molecule has 1 saturated heterocycles. The van der Waals surface area contributed by atoms with Crippen molar-refractivity contribution in [2.75, 3.05) is 34.4 Å². The van der Waals surface area contributed by atoms with Crippen molar-refractivity contribution < 1.29 is 28.9 Å². The predicted molar refractivity (Wildman–Crippen MR) is 82.4 cm³/mol. The first-order valence-corrected chi connectivity index (χ1v) is 7.33. The number of benzene rings is 1. The van der Waals surface area contributed by atoms with Crippen molar-refractivity contribution in [3.63, 3.8) is 0 Å². The molecule has 1 amide bonds. The number of rotatable bonds is 5. The van der Waals surface area contributed by atoms with Crippen LogP contribution >= 0.6 is 0 Å². The maximum atomic E-state index is 12.7. The number of carbonyl (C=O) groups excluding carboxylic acids is 1. The Labute approximate surface area is 134 Å². The molecule has 126 valence electrons. The lowest BCUT2D eigenvalue weighted by Crippen LogP contribution is -2.42. The summed E-state index contributed by atoms with van der Waals surface area (Å²) in [5, 5.41) is 9.15. The summed E-state index contributed by atoms with van der Waals surface area (Å²) in [7, 11) is 4.45. The molecule has 7 heteroatoms. The third-order valence-corrected chi connectivity index (χ3v) is 3.97. The zero-order valence-corrected chi connectivity index (χ0v) is 13.5. The van der Waals surface area contributed by atoms with Gasteiger partial charge in [0.05, 0.1) is 27.2 Å². The van der Waals surface area contributed by atoms with Gasteiger partial charge in [-0.1, -0.05) is 0 Å². The molecule has 0 spiro atoms. The van der Waals surface area contributed by atoms with Crippen molar-refractivity contribution in [3.8, 4) is 17.2 Å². The Hall–Kier alpha value is -2.44. The van der Waals surface area contributed by atoms with Crippen LogP contribution in [-0.2, 0) is 4.79 Å². The highest BCUT2D eigenvalue weighted by Gasteiger charge is 2.29. The van der Waals surface area contributed by atoms with Crippen LogP contribution in [0.1, 0.15) is 23.2 Å². The molecule has 0 unspecified atom stereocenters. The third-order valence-electron chi connectivity index (χ3n) is 3.97. The summed E-state index contributed by atoms with van der Waals surface area (Å²) in [5.41, 5.74) is 0.380. The first-order chi connectivity index (χ1) is 11.0. The SMILES string of the molecule is COc1cc(C(=O)N2CCC[C@@H](C(=O)O)C2)cc(OC)c1OC. The molecule has 1 aromatic rings. The van der Waals surface area contributed by atoms with Crippen molar-refractivity contribution in [2.24, 2.45) is 5.92 Å². The van der Waals surface area contributed by atoms with Crippen LogP contribution in [0.3, 0.4) is 0 Å². The van der Waals surface area contributed by atoms with Crippen LogP contribution in [-0.4, -0.2) is 56.3 Å². The standard InChI is InChI=1S/C16H21NO6/c1-21-12-7-11(8-13(22-2)14(12)23-3)15(18)17-6-4-5-10(9-17)16(19)20/h7-8,10H,4-6,9H2,1-3H3,(H,19,20)/t10-/m1/s1. The van der Waals surface area contributed by atoms with Gasteiger partial charge in [-0.25, -0.2) is 0 Å². The number of ether oxygens (including phenoxy) is 3. The first kappa shape index (κ1) is 16.9. The van der Waals surface area contributed by atoms with Crippen molar-refractivity contribution in [2.45, 2.75) is 12.8 Å². The summed E-state index contributed by atoms with van der Waals surface area (Å²) in [6.07, 6.45) is 1.27. The highest BCUT2D eigenvalue weighted by Crippen LogP contribution is 2.38. The molecule has 1 N–H and O–H groups in total. The highest BCUT2D eigenvalue weighted by molar-refractivity contribution is 5.96. The number of piperidine rings is 1. The van der Waals surface area contributed by atoms with Gasteiger partial charge in [0, 0.05) is 18.7 Å². The molecule has 1 heterocycles. The normalized spacial score (nSPS) is 17.5. The largest absolute Gasteiger partial charge is 0.493 e. The minimum atomic E-state index is -0.868. The number of carbonyl (C=O) groups is 2. The zero-order chi connectivity index (χ0) is 17.0. The number of methoxy groups -OCH3 is 3. The number of aliphatic carboxylic acids is 1. The molecule has 0 aromatic heterocycles. The lowest BCUT2D eigenvalue weighted by Gasteiger charge is -2.31. The van der Waals surface area contributed by atoms with Crippen LogP contribution in [0.2, 0.25) is 0 Å². The number of carboxylic acid groups (broad SMARTS) is 1. The monoisotopic (exact) mass is 323 g/mol. The van der Waals surface area contributed by atoms with E-state index in [-0.39, 0.29) is 12.5 Å². The smallest absolute Gasteiger partial charge is 0.308 e. The summed E-state index contributed by atoms with van der Waals surface area (Å²) < 4.78 is 15.7. The summed E-state index contributed by atoms with van der Waals surface area (Å²) in [4.78, 5) is 25.4. The maximum Gasteiger partial charge on any atom is 0.308 e. The molecule has 1 aliphatic heterocycles. The summed E-state index contributed by atoms with van der Waals surface area (Å²) in [6.45, 7) is 0.754. The fraction of sp³-hybridized carbons (Fsp3) is 0.500. The van der Waals surface area contributed by atoms with Crippen LogP contribution in [0, 0.1) is 5.92 Å². The molecule has 1 aliphatic rings. The van der Waals surface area contributed by atoms with Gasteiger partial charge >= 0.3 is 5.97 Å². The van der Waals surface area contributed by atoms with Gasteiger partial charge in [0.15, 0.2) is 11.5 Å². The Morgan fingerprint density at radius 1 is 1.13 bits per heavy atom. The van der Waals surface area contributed by atoms with E-state index in [1.54, 1.807) is 17.0 Å². The topological polar surface area (TPSA) is 85.3 Å². The second-order valence-electron chi connectivity index (χ2n) is 5.34. The molecule has 2 rings (SSSR count). The lowest BCUT2D eigenvalue weighted by atomic mass is 9.97. The van der Waals surface area contributed by atoms with Gasteiger partial charge in [0.2, 0.25) is 5.75 Å². The van der Waals surface area contributed by atoms with Crippen molar-refractivity contribution in [1.29, 1.82) is 0 Å². The Morgan fingerprint density at radius 3 is 2.22 bits per heavy atom. The third kappa shape index (κ3) is 3.49. The van der Waals surface area contributed by atoms with E-state index in [0.29, 0.717) is 42.2 Å². The molecule has 0 radical (unpaired) electrons. The predicted octanol–water partition coefficient (Wildman–Crippen LogP) is 1.65. The van der Waals surface area contributed by atoms with Gasteiger partial charge < -0.3 is 24.2 Å². The molecule has 1 atom stereocenters. The highest BCUT2D eigenvalue weighted by atomic mass is 16.5. The molecular formula is C16H21NO6. The fourth-order valence-corrected chi connectivity index (χ4v) is 2.75. The Kier molecular flexibility index (Phi) is 5.31. The van der Waals surface area contributed by atoms with Gasteiger partial charge in [-0.05, 0) is 25.0 Å². The molecule has 0 saturated carbocycles.